The van der Waals surface area contributed by atoms with Crippen LogP contribution in [0.15, 0.2) is 48.5 Å². The summed E-state index contributed by atoms with van der Waals surface area (Å²) in [4.78, 5) is 28.8. The lowest BCUT2D eigenvalue weighted by Gasteiger charge is -2.11. The maximum atomic E-state index is 11.4. The molecule has 29 heavy (non-hydrogen) atoms. The van der Waals surface area contributed by atoms with Crippen LogP contribution in [0.1, 0.15) is 5.82 Å². The Kier molecular flexibility index (Phi) is 4.65. The number of para-hydroxylation sites is 2. The van der Waals surface area contributed by atoms with Crippen molar-refractivity contribution in [3.63, 3.8) is 0 Å². The predicted octanol–water partition coefficient (Wildman–Crippen LogP) is 2.60. The highest BCUT2D eigenvalue weighted by Gasteiger charge is 2.16. The molecule has 146 valence electrons. The number of carbonyl (C=O) groups excluding carboxylic acids is 1. The minimum absolute atomic E-state index is 0.140. The van der Waals surface area contributed by atoms with Crippen molar-refractivity contribution in [1.29, 1.82) is 0 Å². The number of amides is 2. The van der Waals surface area contributed by atoms with Gasteiger partial charge in [0.05, 0.1) is 11.0 Å². The SMILES string of the molecule is CNC(=O)Nc1ccc(Nc2nc3ccccc3n2-c2nc(C)nc(N)n2)cc1. The first-order chi connectivity index (χ1) is 14.0. The zero-order chi connectivity index (χ0) is 20.4. The van der Waals surface area contributed by atoms with E-state index in [2.05, 4.69) is 35.9 Å². The van der Waals surface area contributed by atoms with Crippen LogP contribution in [0.3, 0.4) is 0 Å². The first-order valence-corrected chi connectivity index (χ1v) is 8.85. The van der Waals surface area contributed by atoms with Crippen LogP contribution in [0, 0.1) is 6.92 Å². The third-order valence-electron chi connectivity index (χ3n) is 4.14. The fraction of sp³-hybridized carbons (Fsp3) is 0.105. The minimum atomic E-state index is -0.282. The fourth-order valence-corrected chi connectivity index (χ4v) is 2.86. The third-order valence-corrected chi connectivity index (χ3v) is 4.14. The molecule has 0 radical (unpaired) electrons. The number of hydrogen-bond acceptors (Lipinski definition) is 7. The largest absolute Gasteiger partial charge is 0.368 e. The van der Waals surface area contributed by atoms with Crippen LogP contribution < -0.4 is 21.7 Å². The summed E-state index contributed by atoms with van der Waals surface area (Å²) in [6.45, 7) is 1.76. The topological polar surface area (TPSA) is 136 Å². The molecule has 0 aliphatic heterocycles. The number of anilines is 4. The van der Waals surface area contributed by atoms with E-state index in [1.165, 1.54) is 0 Å². The predicted molar refractivity (Wildman–Crippen MR) is 111 cm³/mol. The summed E-state index contributed by atoms with van der Waals surface area (Å²) in [5, 5.41) is 8.50. The van der Waals surface area contributed by atoms with Gasteiger partial charge < -0.3 is 21.7 Å². The van der Waals surface area contributed by atoms with Gasteiger partial charge in [0.2, 0.25) is 17.8 Å². The number of hydrogen-bond donors (Lipinski definition) is 4. The molecule has 0 fully saturated rings. The molecule has 2 aromatic carbocycles. The number of fused-ring (bicyclic) bond motifs is 1. The second-order valence-electron chi connectivity index (χ2n) is 6.21. The maximum Gasteiger partial charge on any atom is 0.318 e. The molecule has 2 heterocycles. The Morgan fingerprint density at radius 2 is 1.69 bits per heavy atom. The van der Waals surface area contributed by atoms with Crippen LogP contribution >= 0.6 is 0 Å². The molecule has 5 N–H and O–H groups in total. The van der Waals surface area contributed by atoms with E-state index in [4.69, 9.17) is 5.73 Å². The van der Waals surface area contributed by atoms with E-state index in [1.807, 2.05) is 36.4 Å². The monoisotopic (exact) mass is 389 g/mol. The fourth-order valence-electron chi connectivity index (χ4n) is 2.86. The van der Waals surface area contributed by atoms with Gasteiger partial charge in [-0.25, -0.2) is 14.3 Å². The van der Waals surface area contributed by atoms with Crippen molar-refractivity contribution in [2.75, 3.05) is 23.4 Å². The van der Waals surface area contributed by atoms with Gasteiger partial charge in [-0.3, -0.25) is 0 Å². The van der Waals surface area contributed by atoms with Crippen LogP contribution in [0.2, 0.25) is 0 Å². The van der Waals surface area contributed by atoms with Gasteiger partial charge in [-0.05, 0) is 43.3 Å². The number of nitrogens with one attached hydrogen (secondary N) is 3. The Labute approximate surface area is 166 Å². The molecular formula is C19H19N9O. The highest BCUT2D eigenvalue weighted by Crippen LogP contribution is 2.26. The third kappa shape index (κ3) is 3.76. The average Bonchev–Trinajstić information content (AvgIpc) is 3.06. The number of imidazole rings is 1. The standard InChI is InChI=1S/C19H19N9O/c1-11-22-16(20)27-17(23-11)28-15-6-4-3-5-14(15)26-18(28)24-12-7-9-13(10-8-12)25-19(29)21-2/h3-10H,1-2H3,(H,24,26)(H2,21,25,29)(H2,20,22,23,27). The Morgan fingerprint density at radius 1 is 0.966 bits per heavy atom. The number of rotatable bonds is 4. The molecule has 10 nitrogen and oxygen atoms in total. The van der Waals surface area contributed by atoms with Crippen molar-refractivity contribution < 1.29 is 4.79 Å². The molecular weight excluding hydrogens is 370 g/mol. The van der Waals surface area contributed by atoms with Gasteiger partial charge in [-0.15, -0.1) is 0 Å². The van der Waals surface area contributed by atoms with Crippen molar-refractivity contribution in [3.8, 4) is 5.95 Å². The van der Waals surface area contributed by atoms with E-state index >= 15 is 0 Å². The minimum Gasteiger partial charge on any atom is -0.368 e. The molecule has 10 heteroatoms. The van der Waals surface area contributed by atoms with Crippen LogP contribution in [-0.2, 0) is 0 Å². The van der Waals surface area contributed by atoms with E-state index in [-0.39, 0.29) is 12.0 Å². The molecule has 0 atom stereocenters. The van der Waals surface area contributed by atoms with Gasteiger partial charge in [0.1, 0.15) is 5.82 Å². The smallest absolute Gasteiger partial charge is 0.318 e. The summed E-state index contributed by atoms with van der Waals surface area (Å²) in [6.07, 6.45) is 0. The lowest BCUT2D eigenvalue weighted by Crippen LogP contribution is -2.24. The normalized spacial score (nSPS) is 10.7. The molecule has 0 spiro atoms. The van der Waals surface area contributed by atoms with Crippen molar-refractivity contribution in [1.82, 2.24) is 29.8 Å². The average molecular weight is 389 g/mol. The van der Waals surface area contributed by atoms with Crippen LogP contribution in [0.25, 0.3) is 17.0 Å². The molecule has 0 unspecified atom stereocenters. The molecule has 0 saturated heterocycles. The maximum absolute atomic E-state index is 11.4. The van der Waals surface area contributed by atoms with E-state index in [9.17, 15) is 4.79 Å². The number of carbonyl (C=O) groups is 1. The second kappa shape index (κ2) is 7.43. The summed E-state index contributed by atoms with van der Waals surface area (Å²) < 4.78 is 1.79. The van der Waals surface area contributed by atoms with Crippen molar-refractivity contribution in [2.45, 2.75) is 6.92 Å². The number of benzene rings is 2. The summed E-state index contributed by atoms with van der Waals surface area (Å²) in [6, 6.07) is 14.6. The van der Waals surface area contributed by atoms with Gasteiger partial charge >= 0.3 is 6.03 Å². The lowest BCUT2D eigenvalue weighted by molar-refractivity contribution is 0.254. The van der Waals surface area contributed by atoms with E-state index in [0.29, 0.717) is 23.4 Å². The summed E-state index contributed by atoms with van der Waals surface area (Å²) in [5.41, 5.74) is 8.89. The van der Waals surface area contributed by atoms with Crippen LogP contribution in [0.5, 0.6) is 0 Å². The molecule has 2 amide bonds. The first kappa shape index (κ1) is 18.2. The molecule has 0 saturated carbocycles. The molecule has 0 bridgehead atoms. The molecule has 2 aromatic heterocycles. The first-order valence-electron chi connectivity index (χ1n) is 8.85. The Balaban J connectivity index is 1.73. The van der Waals surface area contributed by atoms with Crippen molar-refractivity contribution >= 4 is 40.3 Å². The second-order valence-corrected chi connectivity index (χ2v) is 6.21. The van der Waals surface area contributed by atoms with E-state index < -0.39 is 0 Å². The lowest BCUT2D eigenvalue weighted by atomic mass is 10.3. The van der Waals surface area contributed by atoms with Gasteiger partial charge in [-0.1, -0.05) is 12.1 Å². The van der Waals surface area contributed by atoms with Crippen molar-refractivity contribution in [2.24, 2.45) is 0 Å². The number of aromatic nitrogens is 5. The molecule has 4 aromatic rings. The number of nitrogens with two attached hydrogens (primary N) is 1. The summed E-state index contributed by atoms with van der Waals surface area (Å²) in [7, 11) is 1.56. The Hall–Kier alpha value is -4.21. The van der Waals surface area contributed by atoms with Crippen LogP contribution in [0.4, 0.5) is 28.1 Å². The van der Waals surface area contributed by atoms with Gasteiger partial charge in [0.15, 0.2) is 0 Å². The Morgan fingerprint density at radius 3 is 2.41 bits per heavy atom. The Bertz CT molecular complexity index is 1160. The van der Waals surface area contributed by atoms with E-state index in [0.717, 1.165) is 16.7 Å². The van der Waals surface area contributed by atoms with Gasteiger partial charge in [-0.2, -0.15) is 15.0 Å². The highest BCUT2D eigenvalue weighted by molar-refractivity contribution is 5.89. The zero-order valence-corrected chi connectivity index (χ0v) is 15.8. The van der Waals surface area contributed by atoms with Gasteiger partial charge in [0, 0.05) is 18.4 Å². The highest BCUT2D eigenvalue weighted by atomic mass is 16.2. The molecule has 0 aliphatic carbocycles. The quantitative estimate of drug-likeness (QED) is 0.421. The van der Waals surface area contributed by atoms with Gasteiger partial charge in [0.25, 0.3) is 0 Å². The van der Waals surface area contributed by atoms with E-state index in [1.54, 1.807) is 30.7 Å². The van der Waals surface area contributed by atoms with Crippen LogP contribution in [-0.4, -0.2) is 37.6 Å². The summed E-state index contributed by atoms with van der Waals surface area (Å²) >= 11 is 0. The molecule has 4 rings (SSSR count). The zero-order valence-electron chi connectivity index (χ0n) is 15.8. The number of aryl methyl sites for hydroxylation is 1. The number of urea groups is 1. The molecule has 0 aliphatic rings. The summed E-state index contributed by atoms with van der Waals surface area (Å²) in [5.74, 6) is 1.56. The number of nitrogen functional groups attached to an aromatic ring is 1. The van der Waals surface area contributed by atoms with Crippen molar-refractivity contribution in [3.05, 3.63) is 54.4 Å². The number of nitrogens with zero attached hydrogens (tertiary/aromatic N) is 5.